The van der Waals surface area contributed by atoms with Gasteiger partial charge in [0, 0.05) is 15.8 Å². The Labute approximate surface area is 263 Å². The van der Waals surface area contributed by atoms with Crippen molar-refractivity contribution in [2.24, 2.45) is 0 Å². The molecule has 0 radical (unpaired) electrons. The van der Waals surface area contributed by atoms with E-state index in [0.29, 0.717) is 78.4 Å². The van der Waals surface area contributed by atoms with Crippen LogP contribution in [-0.2, 0) is 23.7 Å². The number of benzene rings is 3. The highest BCUT2D eigenvalue weighted by Crippen LogP contribution is 2.39. The molecule has 45 heavy (non-hydrogen) atoms. The minimum atomic E-state index is -0.489. The number of aliphatic hydroxyl groups excluding tert-OH is 1. The van der Waals surface area contributed by atoms with Gasteiger partial charge in [0.1, 0.15) is 12.4 Å². The van der Waals surface area contributed by atoms with Crippen molar-refractivity contribution in [2.45, 2.75) is 5.92 Å². The maximum Gasteiger partial charge on any atom is 0.214 e. The zero-order valence-electron chi connectivity index (χ0n) is 25.4. The Morgan fingerprint density at radius 3 is 1.89 bits per heavy atom. The van der Waals surface area contributed by atoms with Crippen LogP contribution in [0.4, 0.5) is 0 Å². The first-order valence-corrected chi connectivity index (χ1v) is 15.2. The maximum absolute atomic E-state index is 11.9. The lowest BCUT2D eigenvalue weighted by Crippen LogP contribution is -2.15. The van der Waals surface area contributed by atoms with E-state index in [-0.39, 0.29) is 18.1 Å². The van der Waals surface area contributed by atoms with Crippen molar-refractivity contribution in [2.75, 3.05) is 85.8 Å². The fraction of sp³-hybridized carbons (Fsp3) is 0.412. The van der Waals surface area contributed by atoms with E-state index in [1.807, 2.05) is 78.9 Å². The first-order valence-electron chi connectivity index (χ1n) is 15.2. The summed E-state index contributed by atoms with van der Waals surface area (Å²) in [5.41, 5.74) is 4.49. The SMILES string of the molecule is O=[N+]([O-])CC(c1cccc(OCCOCCOCCOCCOCCOCCO)c1)c1c(-c2ccccc2)[nH]c2ccccc12. The number of H-pyrrole nitrogens is 1. The van der Waals surface area contributed by atoms with Gasteiger partial charge in [0.2, 0.25) is 6.54 Å². The number of aromatic amines is 1. The smallest absolute Gasteiger partial charge is 0.214 e. The van der Waals surface area contributed by atoms with Gasteiger partial charge in [0.25, 0.3) is 0 Å². The zero-order chi connectivity index (χ0) is 31.5. The van der Waals surface area contributed by atoms with Crippen molar-refractivity contribution in [1.82, 2.24) is 4.98 Å². The summed E-state index contributed by atoms with van der Waals surface area (Å²) in [5.74, 6) is 0.136. The van der Waals surface area contributed by atoms with E-state index in [0.717, 1.165) is 33.3 Å². The molecule has 1 aromatic heterocycles. The Hall–Kier alpha value is -3.84. The van der Waals surface area contributed by atoms with E-state index in [2.05, 4.69) is 4.98 Å². The molecule has 0 saturated heterocycles. The molecule has 0 aliphatic carbocycles. The van der Waals surface area contributed by atoms with E-state index in [4.69, 9.17) is 33.5 Å². The molecule has 0 bridgehead atoms. The summed E-state index contributed by atoms with van der Waals surface area (Å²) >= 11 is 0. The van der Waals surface area contributed by atoms with Crippen molar-refractivity contribution in [3.8, 4) is 17.0 Å². The fourth-order valence-electron chi connectivity index (χ4n) is 4.96. The lowest BCUT2D eigenvalue weighted by atomic mass is 9.87. The molecular weight excluding hydrogens is 580 g/mol. The number of fused-ring (bicyclic) bond motifs is 1. The number of ether oxygens (including phenoxy) is 6. The number of nitrogens with one attached hydrogen (secondary N) is 1. The van der Waals surface area contributed by atoms with Crippen LogP contribution in [0.3, 0.4) is 0 Å². The van der Waals surface area contributed by atoms with Crippen LogP contribution in [0.25, 0.3) is 22.2 Å². The number of aromatic nitrogens is 1. The highest BCUT2D eigenvalue weighted by molar-refractivity contribution is 5.92. The number of nitrogens with zero attached hydrogens (tertiary/aromatic N) is 1. The van der Waals surface area contributed by atoms with Gasteiger partial charge >= 0.3 is 0 Å². The van der Waals surface area contributed by atoms with Crippen LogP contribution in [0.2, 0.25) is 0 Å². The largest absolute Gasteiger partial charge is 0.491 e. The summed E-state index contributed by atoms with van der Waals surface area (Å²) in [6.07, 6.45) is 0. The van der Waals surface area contributed by atoms with Crippen LogP contribution in [0.15, 0.2) is 78.9 Å². The van der Waals surface area contributed by atoms with Gasteiger partial charge in [-0.15, -0.1) is 0 Å². The molecule has 0 saturated carbocycles. The molecule has 4 rings (SSSR count). The van der Waals surface area contributed by atoms with Crippen LogP contribution in [0.5, 0.6) is 5.75 Å². The molecular formula is C34H42N2O9. The van der Waals surface area contributed by atoms with E-state index in [1.165, 1.54) is 0 Å². The third kappa shape index (κ3) is 11.2. The average molecular weight is 623 g/mol. The monoisotopic (exact) mass is 622 g/mol. The third-order valence-electron chi connectivity index (χ3n) is 6.97. The van der Waals surface area contributed by atoms with Crippen LogP contribution >= 0.6 is 0 Å². The van der Waals surface area contributed by atoms with Crippen molar-refractivity contribution < 1.29 is 38.5 Å². The lowest BCUT2D eigenvalue weighted by Gasteiger charge is -2.17. The Kier molecular flexibility index (Phi) is 14.8. The molecule has 0 aliphatic heterocycles. The molecule has 1 unspecified atom stereocenters. The number of rotatable bonds is 23. The molecule has 1 atom stereocenters. The molecule has 0 amide bonds. The molecule has 3 aromatic carbocycles. The van der Waals surface area contributed by atoms with E-state index in [9.17, 15) is 10.1 Å². The number of hydrogen-bond donors (Lipinski definition) is 2. The lowest BCUT2D eigenvalue weighted by molar-refractivity contribution is -0.481. The van der Waals surface area contributed by atoms with Gasteiger partial charge in [-0.1, -0.05) is 60.7 Å². The van der Waals surface area contributed by atoms with Crippen LogP contribution in [0, 0.1) is 10.1 Å². The van der Waals surface area contributed by atoms with E-state index in [1.54, 1.807) is 0 Å². The predicted molar refractivity (Wildman–Crippen MR) is 171 cm³/mol. The normalized spacial score (nSPS) is 12.0. The van der Waals surface area contributed by atoms with Crippen LogP contribution in [-0.4, -0.2) is 101 Å². The average Bonchev–Trinajstić information content (AvgIpc) is 3.45. The number of nitro groups is 1. The van der Waals surface area contributed by atoms with Gasteiger partial charge in [-0.05, 0) is 34.9 Å². The molecule has 242 valence electrons. The number of aliphatic hydroxyl groups is 1. The molecule has 0 aliphatic rings. The Bertz CT molecular complexity index is 1410. The van der Waals surface area contributed by atoms with Crippen molar-refractivity contribution in [3.05, 3.63) is 100 Å². The summed E-state index contributed by atoms with van der Waals surface area (Å²) in [7, 11) is 0. The highest BCUT2D eigenvalue weighted by Gasteiger charge is 2.27. The van der Waals surface area contributed by atoms with Gasteiger partial charge in [0.15, 0.2) is 0 Å². The van der Waals surface area contributed by atoms with Gasteiger partial charge in [-0.2, -0.15) is 0 Å². The second kappa shape index (κ2) is 19.5. The van der Waals surface area contributed by atoms with Gasteiger partial charge < -0.3 is 38.5 Å². The summed E-state index contributed by atoms with van der Waals surface area (Å²) in [5, 5.41) is 21.5. The summed E-state index contributed by atoms with van der Waals surface area (Å²) in [6, 6.07) is 25.3. The Morgan fingerprint density at radius 1 is 0.689 bits per heavy atom. The quantitative estimate of drug-likeness (QED) is 0.0686. The molecule has 0 spiro atoms. The number of hydrogen-bond acceptors (Lipinski definition) is 9. The van der Waals surface area contributed by atoms with Crippen LogP contribution in [0.1, 0.15) is 17.0 Å². The first kappa shape index (κ1) is 34.0. The molecule has 11 nitrogen and oxygen atoms in total. The molecule has 11 heteroatoms. The minimum absolute atomic E-state index is 0.0105. The van der Waals surface area contributed by atoms with Gasteiger partial charge in [-0.25, -0.2) is 0 Å². The second-order valence-electron chi connectivity index (χ2n) is 10.1. The van der Waals surface area contributed by atoms with Crippen molar-refractivity contribution in [3.63, 3.8) is 0 Å². The van der Waals surface area contributed by atoms with Gasteiger partial charge in [-0.3, -0.25) is 10.1 Å². The minimum Gasteiger partial charge on any atom is -0.491 e. The first-order chi connectivity index (χ1) is 22.2. The summed E-state index contributed by atoms with van der Waals surface area (Å²) < 4.78 is 33.0. The topological polar surface area (TPSA) is 135 Å². The standard InChI is InChI=1S/C34H42N2O9/c37-13-14-40-15-16-41-17-18-42-19-20-43-21-22-44-23-24-45-29-10-6-9-28(25-29)31(26-36(38)39)33-30-11-4-5-12-32(30)35-34(33)27-7-2-1-3-8-27/h1-12,25,31,35,37H,13-24,26H2. The Morgan fingerprint density at radius 2 is 1.27 bits per heavy atom. The molecule has 0 fully saturated rings. The highest BCUT2D eigenvalue weighted by atomic mass is 16.6. The van der Waals surface area contributed by atoms with Crippen LogP contribution < -0.4 is 4.74 Å². The zero-order valence-corrected chi connectivity index (χ0v) is 25.4. The molecule has 1 heterocycles. The fourth-order valence-corrected chi connectivity index (χ4v) is 4.96. The molecule has 2 N–H and O–H groups in total. The third-order valence-corrected chi connectivity index (χ3v) is 6.97. The van der Waals surface area contributed by atoms with E-state index < -0.39 is 5.92 Å². The Balaban J connectivity index is 1.22. The maximum atomic E-state index is 11.9. The summed E-state index contributed by atoms with van der Waals surface area (Å²) in [4.78, 5) is 15.2. The van der Waals surface area contributed by atoms with Gasteiger partial charge in [0.05, 0.1) is 84.3 Å². The van der Waals surface area contributed by atoms with Crippen molar-refractivity contribution in [1.29, 1.82) is 0 Å². The second-order valence-corrected chi connectivity index (χ2v) is 10.1. The number of para-hydroxylation sites is 1. The predicted octanol–water partition coefficient (Wildman–Crippen LogP) is 4.70. The summed E-state index contributed by atoms with van der Waals surface area (Å²) in [6.45, 7) is 4.44. The van der Waals surface area contributed by atoms with Crippen molar-refractivity contribution >= 4 is 10.9 Å². The molecule has 4 aromatic rings. The van der Waals surface area contributed by atoms with E-state index >= 15 is 0 Å².